The van der Waals surface area contributed by atoms with E-state index in [0.29, 0.717) is 17.5 Å². The van der Waals surface area contributed by atoms with Gasteiger partial charge in [-0.1, -0.05) is 133 Å². The molecule has 10 aromatic rings. The van der Waals surface area contributed by atoms with Crippen LogP contribution in [0.1, 0.15) is 0 Å². The van der Waals surface area contributed by atoms with Crippen LogP contribution in [0.25, 0.3) is 99.5 Å². The number of nitrogens with zero attached hydrogens (tertiary/aromatic N) is 3. The van der Waals surface area contributed by atoms with Crippen LogP contribution in [-0.4, -0.2) is 15.0 Å². The summed E-state index contributed by atoms with van der Waals surface area (Å²) in [6, 6.07) is 56.9. The smallest absolute Gasteiger partial charge is 0.164 e. The minimum Gasteiger partial charge on any atom is -0.456 e. The largest absolute Gasteiger partial charge is 0.456 e. The Bertz CT molecular complexity index is 2880. The molecule has 0 N–H and O–H groups in total. The molecule has 0 aliphatic carbocycles. The van der Waals surface area contributed by atoms with Crippen LogP contribution in [0.15, 0.2) is 168 Å². The summed E-state index contributed by atoms with van der Waals surface area (Å²) < 4.78 is 6.63. The van der Waals surface area contributed by atoms with E-state index in [1.165, 1.54) is 21.5 Å². The molecule has 4 heteroatoms. The number of benzene rings is 8. The summed E-state index contributed by atoms with van der Waals surface area (Å²) in [5.74, 6) is 1.83. The van der Waals surface area contributed by atoms with E-state index in [-0.39, 0.29) is 0 Å². The maximum absolute atomic E-state index is 6.63. The zero-order chi connectivity index (χ0) is 32.3. The molecule has 228 valence electrons. The molecule has 0 bridgehead atoms. The Morgan fingerprint density at radius 1 is 0.327 bits per heavy atom. The molecule has 0 fully saturated rings. The summed E-state index contributed by atoms with van der Waals surface area (Å²) >= 11 is 0. The minimum atomic E-state index is 0.590. The molecule has 0 radical (unpaired) electrons. The standard InChI is InChI=1S/C45H27N3O/c1-3-11-28(12-4-1)38-25-35(27-41-42(38)39-24-31-16-7-8-17-32(31)26-40(39)49-41)45-47-43(30-14-5-2-6-15-30)46-44(48-45)34-21-22-37-33(23-34)20-19-29-13-9-10-18-36(29)37/h1-27H. The highest BCUT2D eigenvalue weighted by molar-refractivity contribution is 6.16. The zero-order valence-electron chi connectivity index (χ0n) is 26.3. The van der Waals surface area contributed by atoms with Crippen molar-refractivity contribution in [1.82, 2.24) is 15.0 Å². The third-order valence-corrected chi connectivity index (χ3v) is 9.45. The fourth-order valence-corrected chi connectivity index (χ4v) is 7.07. The van der Waals surface area contributed by atoms with Crippen molar-refractivity contribution in [3.63, 3.8) is 0 Å². The number of furan rings is 1. The first-order valence-corrected chi connectivity index (χ1v) is 16.4. The Balaban J connectivity index is 1.22. The van der Waals surface area contributed by atoms with E-state index in [9.17, 15) is 0 Å². The first kappa shape index (κ1) is 27.5. The molecule has 0 saturated heterocycles. The van der Waals surface area contributed by atoms with Gasteiger partial charge in [0, 0.05) is 27.5 Å². The van der Waals surface area contributed by atoms with Gasteiger partial charge >= 0.3 is 0 Å². The fourth-order valence-electron chi connectivity index (χ4n) is 7.07. The Morgan fingerprint density at radius 3 is 1.69 bits per heavy atom. The van der Waals surface area contributed by atoms with Gasteiger partial charge in [-0.25, -0.2) is 15.0 Å². The molecule has 0 atom stereocenters. The molecule has 10 rings (SSSR count). The van der Waals surface area contributed by atoms with Gasteiger partial charge in [0.2, 0.25) is 0 Å². The highest BCUT2D eigenvalue weighted by Gasteiger charge is 2.19. The van der Waals surface area contributed by atoms with Crippen LogP contribution in [0.5, 0.6) is 0 Å². The van der Waals surface area contributed by atoms with E-state index in [2.05, 4.69) is 127 Å². The SMILES string of the molecule is c1ccc(-c2nc(-c3ccc4c(ccc5ccccc54)c3)nc(-c3cc(-c4ccccc4)c4c(c3)oc3cc5ccccc5cc34)n2)cc1. The maximum atomic E-state index is 6.63. The molecule has 0 aliphatic heterocycles. The van der Waals surface area contributed by atoms with Crippen LogP contribution in [0, 0.1) is 0 Å². The van der Waals surface area contributed by atoms with Crippen LogP contribution in [0.4, 0.5) is 0 Å². The van der Waals surface area contributed by atoms with Crippen molar-refractivity contribution in [2.45, 2.75) is 0 Å². The quantitative estimate of drug-likeness (QED) is 0.183. The van der Waals surface area contributed by atoms with Crippen molar-refractivity contribution in [3.05, 3.63) is 164 Å². The Kier molecular flexibility index (Phi) is 6.15. The summed E-state index contributed by atoms with van der Waals surface area (Å²) in [6.07, 6.45) is 0. The van der Waals surface area contributed by atoms with Crippen molar-refractivity contribution < 1.29 is 4.42 Å². The van der Waals surface area contributed by atoms with Gasteiger partial charge in [-0.05, 0) is 73.8 Å². The summed E-state index contributed by atoms with van der Waals surface area (Å²) in [4.78, 5) is 15.3. The third-order valence-electron chi connectivity index (χ3n) is 9.45. The number of rotatable bonds is 4. The summed E-state index contributed by atoms with van der Waals surface area (Å²) in [5, 5.41) is 9.29. The van der Waals surface area contributed by atoms with E-state index in [0.717, 1.165) is 60.5 Å². The molecule has 2 aromatic heterocycles. The molecular weight excluding hydrogens is 599 g/mol. The van der Waals surface area contributed by atoms with Gasteiger partial charge in [0.25, 0.3) is 0 Å². The average molecular weight is 626 g/mol. The van der Waals surface area contributed by atoms with Gasteiger partial charge in [0.05, 0.1) is 0 Å². The van der Waals surface area contributed by atoms with Crippen LogP contribution in [0.2, 0.25) is 0 Å². The second-order valence-electron chi connectivity index (χ2n) is 12.5. The lowest BCUT2D eigenvalue weighted by Gasteiger charge is -2.11. The first-order valence-electron chi connectivity index (χ1n) is 16.4. The number of hydrogen-bond acceptors (Lipinski definition) is 4. The third kappa shape index (κ3) is 4.65. The molecule has 2 heterocycles. The van der Waals surface area contributed by atoms with Crippen molar-refractivity contribution in [2.75, 3.05) is 0 Å². The topological polar surface area (TPSA) is 51.8 Å². The minimum absolute atomic E-state index is 0.590. The van der Waals surface area contributed by atoms with E-state index in [4.69, 9.17) is 19.4 Å². The normalized spacial score (nSPS) is 11.7. The fraction of sp³-hybridized carbons (Fsp3) is 0. The van der Waals surface area contributed by atoms with Crippen molar-refractivity contribution >= 4 is 54.3 Å². The Hall–Kier alpha value is -6.65. The lowest BCUT2D eigenvalue weighted by molar-refractivity contribution is 0.669. The van der Waals surface area contributed by atoms with Crippen molar-refractivity contribution in [2.24, 2.45) is 0 Å². The molecule has 0 unspecified atom stereocenters. The van der Waals surface area contributed by atoms with Gasteiger partial charge in [-0.3, -0.25) is 0 Å². The lowest BCUT2D eigenvalue weighted by atomic mass is 9.96. The van der Waals surface area contributed by atoms with E-state index >= 15 is 0 Å². The number of fused-ring (bicyclic) bond motifs is 7. The average Bonchev–Trinajstić information content (AvgIpc) is 3.54. The monoisotopic (exact) mass is 625 g/mol. The summed E-state index contributed by atoms with van der Waals surface area (Å²) in [6.45, 7) is 0. The Morgan fingerprint density at radius 2 is 0.918 bits per heavy atom. The van der Waals surface area contributed by atoms with Crippen LogP contribution >= 0.6 is 0 Å². The predicted molar refractivity (Wildman–Crippen MR) is 201 cm³/mol. The summed E-state index contributed by atoms with van der Waals surface area (Å²) in [5.41, 5.74) is 6.55. The number of hydrogen-bond donors (Lipinski definition) is 0. The molecule has 49 heavy (non-hydrogen) atoms. The highest BCUT2D eigenvalue weighted by atomic mass is 16.3. The molecule has 0 saturated carbocycles. The zero-order valence-corrected chi connectivity index (χ0v) is 26.3. The van der Waals surface area contributed by atoms with E-state index < -0.39 is 0 Å². The number of aromatic nitrogens is 3. The van der Waals surface area contributed by atoms with E-state index in [1.807, 2.05) is 36.4 Å². The van der Waals surface area contributed by atoms with Crippen molar-refractivity contribution in [3.8, 4) is 45.3 Å². The first-order chi connectivity index (χ1) is 24.2. The van der Waals surface area contributed by atoms with E-state index in [1.54, 1.807) is 0 Å². The van der Waals surface area contributed by atoms with Crippen LogP contribution in [0.3, 0.4) is 0 Å². The van der Waals surface area contributed by atoms with Crippen LogP contribution in [-0.2, 0) is 0 Å². The van der Waals surface area contributed by atoms with Crippen molar-refractivity contribution in [1.29, 1.82) is 0 Å². The molecule has 0 amide bonds. The van der Waals surface area contributed by atoms with Crippen LogP contribution < -0.4 is 0 Å². The van der Waals surface area contributed by atoms with Gasteiger partial charge in [0.15, 0.2) is 17.5 Å². The van der Waals surface area contributed by atoms with Gasteiger partial charge in [0.1, 0.15) is 11.2 Å². The Labute approximate surface area is 282 Å². The molecule has 0 aliphatic rings. The highest BCUT2D eigenvalue weighted by Crippen LogP contribution is 2.41. The second kappa shape index (κ2) is 11.0. The maximum Gasteiger partial charge on any atom is 0.164 e. The van der Waals surface area contributed by atoms with Gasteiger partial charge in [-0.15, -0.1) is 0 Å². The molecular formula is C45H27N3O. The molecule has 0 spiro atoms. The predicted octanol–water partition coefficient (Wildman–Crippen LogP) is 11.9. The molecule has 4 nitrogen and oxygen atoms in total. The second-order valence-corrected chi connectivity index (χ2v) is 12.5. The lowest BCUT2D eigenvalue weighted by Crippen LogP contribution is -2.00. The molecule has 8 aromatic carbocycles. The van der Waals surface area contributed by atoms with Gasteiger partial charge < -0.3 is 4.42 Å². The summed E-state index contributed by atoms with van der Waals surface area (Å²) in [7, 11) is 0. The van der Waals surface area contributed by atoms with Gasteiger partial charge in [-0.2, -0.15) is 0 Å².